The minimum atomic E-state index is 0.166. The zero-order valence-electron chi connectivity index (χ0n) is 12.9. The lowest BCUT2D eigenvalue weighted by molar-refractivity contribution is -0.134. The van der Waals surface area contributed by atoms with E-state index in [1.54, 1.807) is 17.7 Å². The Morgan fingerprint density at radius 2 is 2.14 bits per heavy atom. The average Bonchev–Trinajstić information content (AvgIpc) is 2.84. The van der Waals surface area contributed by atoms with Crippen LogP contribution in [-0.4, -0.2) is 53.6 Å². The number of amides is 1. The maximum absolute atomic E-state index is 12.1. The standard InChI is InChI=1S/C15H20N4O2S/c1-10-11(2)22-15-13(10)14(17-9-18-15)16-4-3-12(20)19-5-7-21-8-6-19/h9H,3-8H2,1-2H3,(H,16,17,18). The minimum absolute atomic E-state index is 0.166. The number of hydrogen-bond donors (Lipinski definition) is 1. The molecule has 7 heteroatoms. The van der Waals surface area contributed by atoms with Crippen molar-refractivity contribution in [3.05, 3.63) is 16.8 Å². The largest absolute Gasteiger partial charge is 0.378 e. The van der Waals surface area contributed by atoms with Gasteiger partial charge in [0.05, 0.1) is 18.6 Å². The number of thiophene rings is 1. The van der Waals surface area contributed by atoms with Gasteiger partial charge in [-0.3, -0.25) is 4.79 Å². The summed E-state index contributed by atoms with van der Waals surface area (Å²) in [6.07, 6.45) is 2.04. The Balaban J connectivity index is 1.63. The Morgan fingerprint density at radius 1 is 1.36 bits per heavy atom. The van der Waals surface area contributed by atoms with Crippen LogP contribution in [0.2, 0.25) is 0 Å². The monoisotopic (exact) mass is 320 g/mol. The highest BCUT2D eigenvalue weighted by Gasteiger charge is 2.17. The van der Waals surface area contributed by atoms with Gasteiger partial charge in [0, 0.05) is 30.9 Å². The Hall–Kier alpha value is -1.73. The normalized spacial score (nSPS) is 15.3. The summed E-state index contributed by atoms with van der Waals surface area (Å²) in [5.74, 6) is 0.987. The lowest BCUT2D eigenvalue weighted by Gasteiger charge is -2.26. The molecule has 3 rings (SSSR count). The van der Waals surface area contributed by atoms with E-state index in [1.807, 2.05) is 4.90 Å². The molecule has 1 amide bonds. The smallest absolute Gasteiger partial charge is 0.224 e. The first-order valence-electron chi connectivity index (χ1n) is 7.47. The number of ether oxygens (including phenoxy) is 1. The number of nitrogens with one attached hydrogen (secondary N) is 1. The van der Waals surface area contributed by atoms with Gasteiger partial charge in [-0.25, -0.2) is 9.97 Å². The van der Waals surface area contributed by atoms with Crippen LogP contribution in [0.25, 0.3) is 10.2 Å². The van der Waals surface area contributed by atoms with Crippen molar-refractivity contribution in [2.24, 2.45) is 0 Å². The SMILES string of the molecule is Cc1sc2ncnc(NCCC(=O)N3CCOCC3)c2c1C. The molecular formula is C15H20N4O2S. The fourth-order valence-corrected chi connectivity index (χ4v) is 3.57. The van der Waals surface area contributed by atoms with Gasteiger partial charge in [0.1, 0.15) is 17.0 Å². The van der Waals surface area contributed by atoms with E-state index in [0.717, 1.165) is 16.0 Å². The molecule has 1 saturated heterocycles. The number of rotatable bonds is 4. The number of carbonyl (C=O) groups is 1. The summed E-state index contributed by atoms with van der Waals surface area (Å²) >= 11 is 1.68. The fraction of sp³-hybridized carbons (Fsp3) is 0.533. The number of nitrogens with zero attached hydrogens (tertiary/aromatic N) is 3. The van der Waals surface area contributed by atoms with E-state index in [9.17, 15) is 4.79 Å². The second-order valence-corrected chi connectivity index (χ2v) is 6.56. The van der Waals surface area contributed by atoms with Gasteiger partial charge in [-0.05, 0) is 19.4 Å². The van der Waals surface area contributed by atoms with Gasteiger partial charge >= 0.3 is 0 Å². The molecular weight excluding hydrogens is 300 g/mol. The highest BCUT2D eigenvalue weighted by atomic mass is 32.1. The summed E-state index contributed by atoms with van der Waals surface area (Å²) in [5.41, 5.74) is 1.21. The molecule has 2 aromatic rings. The van der Waals surface area contributed by atoms with Crippen LogP contribution in [0.15, 0.2) is 6.33 Å². The van der Waals surface area contributed by atoms with E-state index < -0.39 is 0 Å². The maximum atomic E-state index is 12.1. The number of aryl methyl sites for hydroxylation is 2. The van der Waals surface area contributed by atoms with E-state index in [2.05, 4.69) is 29.1 Å². The molecule has 1 fully saturated rings. The first kappa shape index (κ1) is 15.2. The molecule has 0 radical (unpaired) electrons. The van der Waals surface area contributed by atoms with Gasteiger partial charge < -0.3 is 15.0 Å². The van der Waals surface area contributed by atoms with Crippen molar-refractivity contribution in [3.8, 4) is 0 Å². The van der Waals surface area contributed by atoms with Crippen molar-refractivity contribution in [2.75, 3.05) is 38.2 Å². The second kappa shape index (κ2) is 6.58. The highest BCUT2D eigenvalue weighted by Crippen LogP contribution is 2.32. The van der Waals surface area contributed by atoms with Gasteiger partial charge in [0.2, 0.25) is 5.91 Å². The van der Waals surface area contributed by atoms with E-state index in [1.165, 1.54) is 10.4 Å². The van der Waals surface area contributed by atoms with Gasteiger partial charge in [-0.1, -0.05) is 0 Å². The Labute approximate surface area is 133 Å². The molecule has 0 spiro atoms. The van der Waals surface area contributed by atoms with Crippen LogP contribution in [0.3, 0.4) is 0 Å². The van der Waals surface area contributed by atoms with Crippen molar-refractivity contribution >= 4 is 33.3 Å². The molecule has 2 aromatic heterocycles. The first-order valence-corrected chi connectivity index (χ1v) is 8.28. The molecule has 6 nitrogen and oxygen atoms in total. The summed E-state index contributed by atoms with van der Waals surface area (Å²) < 4.78 is 5.26. The topological polar surface area (TPSA) is 67.4 Å². The van der Waals surface area contributed by atoms with Crippen molar-refractivity contribution in [1.29, 1.82) is 0 Å². The minimum Gasteiger partial charge on any atom is -0.378 e. The van der Waals surface area contributed by atoms with E-state index in [-0.39, 0.29) is 5.91 Å². The van der Waals surface area contributed by atoms with Gasteiger partial charge in [-0.15, -0.1) is 11.3 Å². The zero-order valence-corrected chi connectivity index (χ0v) is 13.7. The Kier molecular flexibility index (Phi) is 4.54. The molecule has 0 aromatic carbocycles. The van der Waals surface area contributed by atoms with Gasteiger partial charge in [0.15, 0.2) is 0 Å². The predicted octanol–water partition coefficient (Wildman–Crippen LogP) is 1.97. The second-order valence-electron chi connectivity index (χ2n) is 5.36. The van der Waals surface area contributed by atoms with E-state index >= 15 is 0 Å². The first-order chi connectivity index (χ1) is 10.7. The lowest BCUT2D eigenvalue weighted by atomic mass is 10.2. The van der Waals surface area contributed by atoms with Gasteiger partial charge in [0.25, 0.3) is 0 Å². The van der Waals surface area contributed by atoms with Crippen LogP contribution in [0.1, 0.15) is 16.9 Å². The molecule has 0 atom stereocenters. The van der Waals surface area contributed by atoms with Crippen molar-refractivity contribution < 1.29 is 9.53 Å². The average molecular weight is 320 g/mol. The van der Waals surface area contributed by atoms with Crippen LogP contribution in [0.5, 0.6) is 0 Å². The zero-order chi connectivity index (χ0) is 15.5. The summed E-state index contributed by atoms with van der Waals surface area (Å²) in [7, 11) is 0. The summed E-state index contributed by atoms with van der Waals surface area (Å²) in [4.78, 5) is 24.9. The van der Waals surface area contributed by atoms with Crippen molar-refractivity contribution in [1.82, 2.24) is 14.9 Å². The summed E-state index contributed by atoms with van der Waals surface area (Å²) in [5, 5.41) is 4.36. The van der Waals surface area contributed by atoms with Crippen molar-refractivity contribution in [2.45, 2.75) is 20.3 Å². The molecule has 0 unspecified atom stereocenters. The molecule has 0 bridgehead atoms. The lowest BCUT2D eigenvalue weighted by Crippen LogP contribution is -2.41. The number of carbonyl (C=O) groups excluding carboxylic acids is 1. The van der Waals surface area contributed by atoms with Gasteiger partial charge in [-0.2, -0.15) is 0 Å². The van der Waals surface area contributed by atoms with Crippen LogP contribution >= 0.6 is 11.3 Å². The molecule has 1 N–H and O–H groups in total. The van der Waals surface area contributed by atoms with E-state index in [4.69, 9.17) is 4.74 Å². The summed E-state index contributed by atoms with van der Waals surface area (Å²) in [6, 6.07) is 0. The molecule has 0 saturated carbocycles. The van der Waals surface area contributed by atoms with E-state index in [0.29, 0.717) is 39.3 Å². The number of anilines is 1. The highest BCUT2D eigenvalue weighted by molar-refractivity contribution is 7.18. The Bertz CT molecular complexity index is 679. The third-order valence-corrected chi connectivity index (χ3v) is 5.08. The van der Waals surface area contributed by atoms with Crippen LogP contribution in [-0.2, 0) is 9.53 Å². The maximum Gasteiger partial charge on any atom is 0.224 e. The van der Waals surface area contributed by atoms with Crippen LogP contribution in [0.4, 0.5) is 5.82 Å². The number of fused-ring (bicyclic) bond motifs is 1. The molecule has 3 heterocycles. The molecule has 0 aliphatic carbocycles. The van der Waals surface area contributed by atoms with Crippen molar-refractivity contribution in [3.63, 3.8) is 0 Å². The molecule has 118 valence electrons. The van der Waals surface area contributed by atoms with Crippen LogP contribution in [0, 0.1) is 13.8 Å². The van der Waals surface area contributed by atoms with Crippen LogP contribution < -0.4 is 5.32 Å². The number of hydrogen-bond acceptors (Lipinski definition) is 6. The fourth-order valence-electron chi connectivity index (χ4n) is 2.58. The molecule has 22 heavy (non-hydrogen) atoms. The predicted molar refractivity (Wildman–Crippen MR) is 87.4 cm³/mol. The molecule has 1 aliphatic heterocycles. The third-order valence-electron chi connectivity index (χ3n) is 3.96. The third kappa shape index (κ3) is 3.05. The Morgan fingerprint density at radius 3 is 2.91 bits per heavy atom. The summed E-state index contributed by atoms with van der Waals surface area (Å²) in [6.45, 7) is 7.42. The number of aromatic nitrogens is 2. The quantitative estimate of drug-likeness (QED) is 0.933. The molecule has 1 aliphatic rings. The number of morpholine rings is 1.